The van der Waals surface area contributed by atoms with Crippen molar-refractivity contribution >= 4 is 11.0 Å². The molecule has 2 fully saturated rings. The molecular formula is C16H18FNO3. The lowest BCUT2D eigenvalue weighted by molar-refractivity contribution is -0.108. The second kappa shape index (κ2) is 5.09. The molecule has 2 aliphatic heterocycles. The van der Waals surface area contributed by atoms with Gasteiger partial charge in [-0.2, -0.15) is 0 Å². The molecule has 1 aromatic heterocycles. The van der Waals surface area contributed by atoms with E-state index in [2.05, 4.69) is 4.90 Å². The topological polar surface area (TPSA) is 45.8 Å². The normalized spacial score (nSPS) is 27.9. The van der Waals surface area contributed by atoms with Crippen molar-refractivity contribution in [2.24, 2.45) is 0 Å². The predicted octanol–water partition coefficient (Wildman–Crippen LogP) is 2.47. The molecule has 0 aliphatic carbocycles. The van der Waals surface area contributed by atoms with Crippen molar-refractivity contribution in [2.75, 3.05) is 19.7 Å². The van der Waals surface area contributed by atoms with Crippen molar-refractivity contribution in [3.8, 4) is 0 Å². The van der Waals surface area contributed by atoms with Gasteiger partial charge in [0.25, 0.3) is 0 Å². The fourth-order valence-corrected chi connectivity index (χ4v) is 3.41. The summed E-state index contributed by atoms with van der Waals surface area (Å²) in [5, 5.41) is 11.2. The number of benzene rings is 1. The third-order valence-corrected chi connectivity index (χ3v) is 4.57. The van der Waals surface area contributed by atoms with Crippen molar-refractivity contribution in [3.63, 3.8) is 0 Å². The molecule has 3 heterocycles. The Morgan fingerprint density at radius 2 is 2.29 bits per heavy atom. The summed E-state index contributed by atoms with van der Waals surface area (Å²) >= 11 is 0. The Balaban J connectivity index is 1.58. The lowest BCUT2D eigenvalue weighted by Crippen LogP contribution is -2.48. The van der Waals surface area contributed by atoms with Gasteiger partial charge in [-0.1, -0.05) is 12.1 Å². The number of halogens is 1. The van der Waals surface area contributed by atoms with Crippen LogP contribution in [0.15, 0.2) is 28.7 Å². The first kappa shape index (κ1) is 13.2. The summed E-state index contributed by atoms with van der Waals surface area (Å²) in [6, 6.07) is 6.95. The number of aliphatic hydroxyl groups is 1. The van der Waals surface area contributed by atoms with Crippen molar-refractivity contribution in [1.82, 2.24) is 4.90 Å². The number of fused-ring (bicyclic) bond motifs is 2. The van der Waals surface area contributed by atoms with Crippen LogP contribution in [0.1, 0.15) is 24.7 Å². The Hall–Kier alpha value is -1.43. The van der Waals surface area contributed by atoms with Crippen LogP contribution in [0.5, 0.6) is 0 Å². The van der Waals surface area contributed by atoms with Gasteiger partial charge in [-0.25, -0.2) is 4.39 Å². The minimum absolute atomic E-state index is 0.196. The summed E-state index contributed by atoms with van der Waals surface area (Å²) in [5.74, 6) is -0.0344. The van der Waals surface area contributed by atoms with Gasteiger partial charge in [-0.3, -0.25) is 4.90 Å². The van der Waals surface area contributed by atoms with E-state index in [-0.39, 0.29) is 11.7 Å². The highest BCUT2D eigenvalue weighted by molar-refractivity contribution is 5.78. The van der Waals surface area contributed by atoms with E-state index >= 15 is 0 Å². The minimum Gasteiger partial charge on any atom is -0.455 e. The van der Waals surface area contributed by atoms with Crippen molar-refractivity contribution in [2.45, 2.75) is 31.1 Å². The van der Waals surface area contributed by atoms with Gasteiger partial charge in [0, 0.05) is 18.0 Å². The molecule has 3 unspecified atom stereocenters. The van der Waals surface area contributed by atoms with Crippen molar-refractivity contribution in [1.29, 1.82) is 0 Å². The van der Waals surface area contributed by atoms with Gasteiger partial charge in [-0.05, 0) is 31.5 Å². The van der Waals surface area contributed by atoms with Crippen LogP contribution in [0, 0.1) is 5.82 Å². The average molecular weight is 291 g/mol. The highest BCUT2D eigenvalue weighted by atomic mass is 19.1. The highest BCUT2D eigenvalue weighted by Crippen LogP contribution is 2.32. The molecule has 0 saturated carbocycles. The zero-order valence-electron chi connectivity index (χ0n) is 11.7. The van der Waals surface area contributed by atoms with Crippen LogP contribution >= 0.6 is 0 Å². The van der Waals surface area contributed by atoms with Crippen LogP contribution < -0.4 is 0 Å². The molecule has 2 aliphatic rings. The van der Waals surface area contributed by atoms with E-state index in [1.54, 1.807) is 18.2 Å². The summed E-state index contributed by atoms with van der Waals surface area (Å²) in [4.78, 5) is 2.36. The van der Waals surface area contributed by atoms with E-state index in [0.717, 1.165) is 6.54 Å². The highest BCUT2D eigenvalue weighted by Gasteiger charge is 2.36. The molecule has 1 aromatic carbocycles. The summed E-state index contributed by atoms with van der Waals surface area (Å²) in [6.45, 7) is 2.41. The molecule has 0 amide bonds. The summed E-state index contributed by atoms with van der Waals surface area (Å²) in [5.41, 5.74) is 0.196. The fourth-order valence-electron chi connectivity index (χ4n) is 3.41. The van der Waals surface area contributed by atoms with E-state index in [1.807, 2.05) is 0 Å². The maximum atomic E-state index is 13.7. The summed E-state index contributed by atoms with van der Waals surface area (Å²) < 4.78 is 25.0. The molecule has 0 bridgehead atoms. The van der Waals surface area contributed by atoms with Crippen LogP contribution in [0.3, 0.4) is 0 Å². The number of hydrogen-bond acceptors (Lipinski definition) is 4. The van der Waals surface area contributed by atoms with Gasteiger partial charge >= 0.3 is 0 Å². The summed E-state index contributed by atoms with van der Waals surface area (Å²) in [7, 11) is 0. The third kappa shape index (κ3) is 2.25. The third-order valence-electron chi connectivity index (χ3n) is 4.57. The molecule has 21 heavy (non-hydrogen) atoms. The molecule has 3 atom stereocenters. The fraction of sp³-hybridized carbons (Fsp3) is 0.500. The standard InChI is InChI=1S/C16H18FNO3/c17-12-5-1-3-10-7-13(21-16(10)12)15(19)14-8-18-6-2-4-11(18)9-20-14/h1,3,5,7,11,14-15,19H,2,4,6,8-9H2. The largest absolute Gasteiger partial charge is 0.455 e. The zero-order valence-corrected chi connectivity index (χ0v) is 11.7. The van der Waals surface area contributed by atoms with E-state index in [9.17, 15) is 9.50 Å². The average Bonchev–Trinajstić information content (AvgIpc) is 3.12. The molecule has 112 valence electrons. The SMILES string of the molecule is OC(c1cc2cccc(F)c2o1)C1CN2CCCC2CO1. The van der Waals surface area contributed by atoms with Crippen molar-refractivity contribution in [3.05, 3.63) is 35.8 Å². The number of para-hydroxylation sites is 1. The Bertz CT molecular complexity index is 656. The number of aliphatic hydroxyl groups excluding tert-OH is 1. The molecular weight excluding hydrogens is 273 g/mol. The number of morpholine rings is 1. The van der Waals surface area contributed by atoms with Gasteiger partial charge in [0.05, 0.1) is 6.61 Å². The smallest absolute Gasteiger partial charge is 0.170 e. The molecule has 1 N–H and O–H groups in total. The summed E-state index contributed by atoms with van der Waals surface area (Å²) in [6.07, 6.45) is 1.17. The number of nitrogens with zero attached hydrogens (tertiary/aromatic N) is 1. The van der Waals surface area contributed by atoms with Crippen LogP contribution in [-0.4, -0.2) is 41.8 Å². The Kier molecular flexibility index (Phi) is 3.21. The van der Waals surface area contributed by atoms with E-state index in [4.69, 9.17) is 9.15 Å². The van der Waals surface area contributed by atoms with Crippen molar-refractivity contribution < 1.29 is 18.7 Å². The molecule has 5 heteroatoms. The second-order valence-corrected chi connectivity index (χ2v) is 5.91. The van der Waals surface area contributed by atoms with Crippen LogP contribution in [0.25, 0.3) is 11.0 Å². The molecule has 2 saturated heterocycles. The van der Waals surface area contributed by atoms with E-state index in [0.29, 0.717) is 30.3 Å². The van der Waals surface area contributed by atoms with Gasteiger partial charge < -0.3 is 14.3 Å². The molecule has 0 radical (unpaired) electrons. The Labute approximate surface area is 122 Å². The lowest BCUT2D eigenvalue weighted by Gasteiger charge is -2.36. The first-order chi connectivity index (χ1) is 10.2. The van der Waals surface area contributed by atoms with Gasteiger partial charge in [0.15, 0.2) is 11.4 Å². The Morgan fingerprint density at radius 1 is 1.38 bits per heavy atom. The first-order valence-electron chi connectivity index (χ1n) is 7.44. The van der Waals surface area contributed by atoms with Crippen LogP contribution in [0.2, 0.25) is 0 Å². The molecule has 2 aromatic rings. The quantitative estimate of drug-likeness (QED) is 0.923. The van der Waals surface area contributed by atoms with E-state index < -0.39 is 11.9 Å². The predicted molar refractivity (Wildman–Crippen MR) is 75.5 cm³/mol. The van der Waals surface area contributed by atoms with E-state index in [1.165, 1.54) is 18.9 Å². The molecule has 0 spiro atoms. The first-order valence-corrected chi connectivity index (χ1v) is 7.44. The minimum atomic E-state index is -0.863. The van der Waals surface area contributed by atoms with Gasteiger partial charge in [0.1, 0.15) is 18.0 Å². The molecule has 4 nitrogen and oxygen atoms in total. The number of ether oxygens (including phenoxy) is 1. The maximum absolute atomic E-state index is 13.7. The molecule has 4 rings (SSSR count). The van der Waals surface area contributed by atoms with Gasteiger partial charge in [-0.15, -0.1) is 0 Å². The number of rotatable bonds is 2. The monoisotopic (exact) mass is 291 g/mol. The number of hydrogen-bond donors (Lipinski definition) is 1. The van der Waals surface area contributed by atoms with Crippen LogP contribution in [0.4, 0.5) is 4.39 Å². The second-order valence-electron chi connectivity index (χ2n) is 5.91. The van der Waals surface area contributed by atoms with Crippen LogP contribution in [-0.2, 0) is 4.74 Å². The lowest BCUT2D eigenvalue weighted by atomic mass is 10.1. The number of furan rings is 1. The maximum Gasteiger partial charge on any atom is 0.170 e. The van der Waals surface area contributed by atoms with Gasteiger partial charge in [0.2, 0.25) is 0 Å². The Morgan fingerprint density at radius 3 is 3.14 bits per heavy atom. The zero-order chi connectivity index (χ0) is 14.4.